The van der Waals surface area contributed by atoms with E-state index in [1.54, 1.807) is 14.0 Å². The Morgan fingerprint density at radius 3 is 2.70 bits per heavy atom. The molecular weight excluding hydrogens is 254 g/mol. The largest absolute Gasteiger partial charge is 0.497 e. The van der Waals surface area contributed by atoms with Gasteiger partial charge in [-0.05, 0) is 38.3 Å². The third-order valence-electron chi connectivity index (χ3n) is 3.50. The van der Waals surface area contributed by atoms with Crippen molar-refractivity contribution < 1.29 is 9.53 Å². The average Bonchev–Trinajstić information content (AvgIpc) is 2.43. The van der Waals surface area contributed by atoms with E-state index in [2.05, 4.69) is 4.90 Å². The summed E-state index contributed by atoms with van der Waals surface area (Å²) in [7, 11) is 3.69. The molecular formula is C15H25N3O2. The molecule has 0 fully saturated rings. The number of methoxy groups -OCH3 is 1. The van der Waals surface area contributed by atoms with Crippen LogP contribution in [0, 0.1) is 0 Å². The molecule has 0 spiro atoms. The zero-order valence-electron chi connectivity index (χ0n) is 12.6. The first-order valence-electron chi connectivity index (χ1n) is 6.81. The third kappa shape index (κ3) is 4.74. The van der Waals surface area contributed by atoms with Gasteiger partial charge in [-0.25, -0.2) is 0 Å². The number of anilines is 1. The molecule has 0 saturated carbocycles. The van der Waals surface area contributed by atoms with Crippen LogP contribution in [0.25, 0.3) is 0 Å². The number of primary amides is 1. The first kappa shape index (κ1) is 16.3. The Morgan fingerprint density at radius 2 is 2.10 bits per heavy atom. The minimum Gasteiger partial charge on any atom is -0.497 e. The number of amides is 1. The second kappa shape index (κ2) is 7.14. The summed E-state index contributed by atoms with van der Waals surface area (Å²) in [6, 6.07) is 7.92. The Labute approximate surface area is 120 Å². The lowest BCUT2D eigenvalue weighted by Gasteiger charge is -2.22. The Balaban J connectivity index is 2.40. The van der Waals surface area contributed by atoms with Crippen molar-refractivity contribution in [2.45, 2.75) is 31.7 Å². The Morgan fingerprint density at radius 1 is 1.40 bits per heavy atom. The number of benzene rings is 1. The normalized spacial score (nSPS) is 13.6. The van der Waals surface area contributed by atoms with Gasteiger partial charge in [0.1, 0.15) is 5.75 Å². The predicted octanol–water partition coefficient (Wildman–Crippen LogP) is 1.50. The van der Waals surface area contributed by atoms with Gasteiger partial charge >= 0.3 is 0 Å². The van der Waals surface area contributed by atoms with Crippen LogP contribution < -0.4 is 21.1 Å². The molecule has 0 heterocycles. The van der Waals surface area contributed by atoms with E-state index in [0.29, 0.717) is 6.42 Å². The van der Waals surface area contributed by atoms with E-state index in [-0.39, 0.29) is 0 Å². The van der Waals surface area contributed by atoms with Crippen molar-refractivity contribution in [1.29, 1.82) is 0 Å². The highest BCUT2D eigenvalue weighted by Gasteiger charge is 2.24. The van der Waals surface area contributed by atoms with E-state index < -0.39 is 11.4 Å². The molecule has 0 aliphatic rings. The van der Waals surface area contributed by atoms with Crippen molar-refractivity contribution in [3.63, 3.8) is 0 Å². The number of rotatable bonds is 8. The van der Waals surface area contributed by atoms with Crippen LogP contribution in [0.2, 0.25) is 0 Å². The highest BCUT2D eigenvalue weighted by molar-refractivity contribution is 5.83. The summed E-state index contributed by atoms with van der Waals surface area (Å²) in [6.07, 6.45) is 2.42. The van der Waals surface area contributed by atoms with E-state index >= 15 is 0 Å². The van der Waals surface area contributed by atoms with E-state index in [9.17, 15) is 4.79 Å². The molecule has 5 heteroatoms. The SMILES string of the molecule is COc1cccc(N(C)CCCCC(C)(N)C(N)=O)c1. The Bertz CT molecular complexity index is 446. The molecule has 0 aromatic heterocycles. The van der Waals surface area contributed by atoms with Gasteiger partial charge in [-0.15, -0.1) is 0 Å². The zero-order valence-corrected chi connectivity index (χ0v) is 12.6. The maximum Gasteiger partial charge on any atom is 0.237 e. The topological polar surface area (TPSA) is 81.6 Å². The van der Waals surface area contributed by atoms with Gasteiger partial charge in [0.15, 0.2) is 0 Å². The lowest BCUT2D eigenvalue weighted by Crippen LogP contribution is -2.49. The van der Waals surface area contributed by atoms with Crippen molar-refractivity contribution in [3.8, 4) is 5.75 Å². The highest BCUT2D eigenvalue weighted by atomic mass is 16.5. The second-order valence-corrected chi connectivity index (χ2v) is 5.36. The van der Waals surface area contributed by atoms with Gasteiger partial charge in [-0.3, -0.25) is 4.79 Å². The van der Waals surface area contributed by atoms with Gasteiger partial charge in [-0.1, -0.05) is 6.07 Å². The number of carbonyl (C=O) groups is 1. The maximum absolute atomic E-state index is 11.1. The summed E-state index contributed by atoms with van der Waals surface area (Å²) in [5.41, 5.74) is 11.3. The molecule has 1 unspecified atom stereocenters. The number of carbonyl (C=O) groups excluding carboxylic acids is 1. The molecule has 1 aromatic rings. The Hall–Kier alpha value is -1.75. The molecule has 1 rings (SSSR count). The number of nitrogens with two attached hydrogens (primary N) is 2. The molecule has 0 saturated heterocycles. The summed E-state index contributed by atoms with van der Waals surface area (Å²) < 4.78 is 5.21. The number of hydrogen-bond acceptors (Lipinski definition) is 4. The van der Waals surface area contributed by atoms with Gasteiger partial charge < -0.3 is 21.1 Å². The first-order chi connectivity index (χ1) is 9.36. The predicted molar refractivity (Wildman–Crippen MR) is 81.9 cm³/mol. The quantitative estimate of drug-likeness (QED) is 0.707. The smallest absolute Gasteiger partial charge is 0.237 e. The molecule has 4 N–H and O–H groups in total. The van der Waals surface area contributed by atoms with Crippen LogP contribution in [0.15, 0.2) is 24.3 Å². The van der Waals surface area contributed by atoms with Gasteiger partial charge in [-0.2, -0.15) is 0 Å². The fourth-order valence-corrected chi connectivity index (χ4v) is 1.94. The van der Waals surface area contributed by atoms with Crippen LogP contribution in [0.5, 0.6) is 5.75 Å². The first-order valence-corrected chi connectivity index (χ1v) is 6.81. The van der Waals surface area contributed by atoms with Crippen molar-refractivity contribution in [2.24, 2.45) is 11.5 Å². The van der Waals surface area contributed by atoms with Crippen molar-refractivity contribution in [3.05, 3.63) is 24.3 Å². The van der Waals surface area contributed by atoms with Gasteiger partial charge in [0.25, 0.3) is 0 Å². The fourth-order valence-electron chi connectivity index (χ4n) is 1.94. The number of nitrogens with zero attached hydrogens (tertiary/aromatic N) is 1. The average molecular weight is 279 g/mol. The summed E-state index contributed by atoms with van der Waals surface area (Å²) in [6.45, 7) is 2.57. The maximum atomic E-state index is 11.1. The summed E-state index contributed by atoms with van der Waals surface area (Å²) in [5, 5.41) is 0. The number of ether oxygens (including phenoxy) is 1. The van der Waals surface area contributed by atoms with Crippen LogP contribution in [0.4, 0.5) is 5.69 Å². The third-order valence-corrected chi connectivity index (χ3v) is 3.50. The summed E-state index contributed by atoms with van der Waals surface area (Å²) in [4.78, 5) is 13.3. The molecule has 0 aliphatic heterocycles. The van der Waals surface area contributed by atoms with Crippen LogP contribution in [0.1, 0.15) is 26.2 Å². The molecule has 0 aliphatic carbocycles. The van der Waals surface area contributed by atoms with E-state index in [4.69, 9.17) is 16.2 Å². The van der Waals surface area contributed by atoms with Crippen molar-refractivity contribution in [1.82, 2.24) is 0 Å². The Kier molecular flexibility index (Phi) is 5.82. The molecule has 0 bridgehead atoms. The molecule has 5 nitrogen and oxygen atoms in total. The van der Waals surface area contributed by atoms with E-state index in [1.807, 2.05) is 31.3 Å². The molecule has 1 aromatic carbocycles. The minimum absolute atomic E-state index is 0.446. The molecule has 0 radical (unpaired) electrons. The molecule has 1 atom stereocenters. The number of unbranched alkanes of at least 4 members (excludes halogenated alkanes) is 1. The lowest BCUT2D eigenvalue weighted by atomic mass is 9.95. The minimum atomic E-state index is -0.908. The molecule has 20 heavy (non-hydrogen) atoms. The zero-order chi connectivity index (χ0) is 15.2. The van der Waals surface area contributed by atoms with E-state index in [1.165, 1.54) is 0 Å². The second-order valence-electron chi connectivity index (χ2n) is 5.36. The van der Waals surface area contributed by atoms with Crippen LogP contribution in [0.3, 0.4) is 0 Å². The monoisotopic (exact) mass is 279 g/mol. The molecule has 112 valence electrons. The summed E-state index contributed by atoms with van der Waals surface area (Å²) >= 11 is 0. The van der Waals surface area contributed by atoms with Crippen molar-refractivity contribution >= 4 is 11.6 Å². The van der Waals surface area contributed by atoms with E-state index in [0.717, 1.165) is 30.8 Å². The van der Waals surface area contributed by atoms with Gasteiger partial charge in [0.2, 0.25) is 5.91 Å². The van der Waals surface area contributed by atoms with Gasteiger partial charge in [0, 0.05) is 25.3 Å². The van der Waals surface area contributed by atoms with Crippen LogP contribution in [-0.4, -0.2) is 32.1 Å². The van der Waals surface area contributed by atoms with Crippen molar-refractivity contribution in [2.75, 3.05) is 25.6 Å². The highest BCUT2D eigenvalue weighted by Crippen LogP contribution is 2.20. The molecule has 1 amide bonds. The summed E-state index contributed by atoms with van der Waals surface area (Å²) in [5.74, 6) is 0.399. The van der Waals surface area contributed by atoms with Crippen LogP contribution >= 0.6 is 0 Å². The van der Waals surface area contributed by atoms with Crippen LogP contribution in [-0.2, 0) is 4.79 Å². The number of hydrogen-bond donors (Lipinski definition) is 2. The fraction of sp³-hybridized carbons (Fsp3) is 0.533. The lowest BCUT2D eigenvalue weighted by molar-refractivity contribution is -0.122. The standard InChI is InChI=1S/C15H25N3O2/c1-15(17,14(16)19)9-4-5-10-18(2)12-7-6-8-13(11-12)20-3/h6-8,11H,4-5,9-10,17H2,1-3H3,(H2,16,19). The van der Waals surface area contributed by atoms with Gasteiger partial charge in [0.05, 0.1) is 12.6 Å².